The van der Waals surface area contributed by atoms with E-state index in [4.69, 9.17) is 9.90 Å². The lowest BCUT2D eigenvalue weighted by Gasteiger charge is -1.34. The molecule has 0 atom stereocenters. The Hall–Kier alpha value is -0.465. The summed E-state index contributed by atoms with van der Waals surface area (Å²) in [7, 11) is 0. The average molecular weight is 59.9 g/mol. The van der Waals surface area contributed by atoms with Gasteiger partial charge in [-0.25, -0.2) is 0 Å². The lowest BCUT2D eigenvalue weighted by atomic mass is 10.8. The van der Waals surface area contributed by atoms with Crippen LogP contribution in [-0.2, 0) is 4.79 Å². The summed E-state index contributed by atoms with van der Waals surface area (Å²) >= 11 is 0. The van der Waals surface area contributed by atoms with Crippen molar-refractivity contribution in [3.05, 3.63) is 0 Å². The standard InChI is InChI=1S/CH2O2.BH3/c2-1-3;/h1H,(H,2,3);1H3. The van der Waals surface area contributed by atoms with E-state index in [2.05, 4.69) is 0 Å². The maximum absolute atomic E-state index is 8.36. The molecule has 0 fully saturated rings. The molecule has 0 aliphatic carbocycles. The molecule has 0 spiro atoms. The number of rotatable bonds is 0. The first-order valence-corrected chi connectivity index (χ1v) is 0.494. The molecule has 2 nitrogen and oxygen atoms in total. The lowest BCUT2D eigenvalue weighted by molar-refractivity contribution is -0.122. The third-order valence-electron chi connectivity index (χ3n) is 0. The van der Waals surface area contributed by atoms with Gasteiger partial charge in [0.15, 0.2) is 0 Å². The van der Waals surface area contributed by atoms with E-state index in [1.165, 1.54) is 0 Å². The van der Waals surface area contributed by atoms with E-state index in [1.807, 2.05) is 0 Å². The van der Waals surface area contributed by atoms with Crippen LogP contribution in [0, 0.1) is 0 Å². The molecule has 24 valence electrons. The average Bonchev–Trinajstić information content (AvgIpc) is 0.918. The molecule has 0 aromatic rings. The highest BCUT2D eigenvalue weighted by Gasteiger charge is 1.22. The molecular formula is CH5BO2. The smallest absolute Gasteiger partial charge is 0.290 e. The zero-order valence-corrected chi connectivity index (χ0v) is 1.43. The van der Waals surface area contributed by atoms with Crippen LogP contribution in [0.4, 0.5) is 0 Å². The second-order valence-electron chi connectivity index (χ2n) is 0.105. The Kier molecular flexibility index (Phi) is 50.3. The minimum absolute atomic E-state index is 0. The maximum Gasteiger partial charge on any atom is 0.290 e. The van der Waals surface area contributed by atoms with Crippen molar-refractivity contribution in [2.75, 3.05) is 0 Å². The van der Waals surface area contributed by atoms with Gasteiger partial charge in [-0.15, -0.1) is 0 Å². The summed E-state index contributed by atoms with van der Waals surface area (Å²) in [4.78, 5) is 8.36. The van der Waals surface area contributed by atoms with Gasteiger partial charge in [-0.3, -0.25) is 4.79 Å². The molecule has 0 radical (unpaired) electrons. The van der Waals surface area contributed by atoms with Crippen molar-refractivity contribution >= 4 is 14.9 Å². The molecule has 0 bridgehead atoms. The molecule has 0 saturated heterocycles. The fraction of sp³-hybridized carbons (Fsp3) is 0. The van der Waals surface area contributed by atoms with Crippen LogP contribution < -0.4 is 0 Å². The Morgan fingerprint density at radius 2 is 1.75 bits per heavy atom. The molecule has 0 aliphatic heterocycles. The molecule has 4 heavy (non-hydrogen) atoms. The van der Waals surface area contributed by atoms with E-state index in [0.29, 0.717) is 0 Å². The number of hydrogen-bond donors (Lipinski definition) is 1. The monoisotopic (exact) mass is 60.0 g/mol. The number of carbonyl (C=O) groups is 1. The van der Waals surface area contributed by atoms with Crippen LogP contribution in [0.3, 0.4) is 0 Å². The Labute approximate surface area is 26.0 Å². The van der Waals surface area contributed by atoms with Crippen molar-refractivity contribution in [3.63, 3.8) is 0 Å². The first kappa shape index (κ1) is 9.64. The van der Waals surface area contributed by atoms with E-state index < -0.39 is 0 Å². The molecular weight excluding hydrogens is 54.8 g/mol. The van der Waals surface area contributed by atoms with E-state index in [1.54, 1.807) is 0 Å². The largest absolute Gasteiger partial charge is 0.483 e. The Morgan fingerprint density at radius 1 is 1.75 bits per heavy atom. The normalized spacial score (nSPS) is 3.00. The van der Waals surface area contributed by atoms with Crippen LogP contribution in [0.2, 0.25) is 0 Å². The van der Waals surface area contributed by atoms with Crippen LogP contribution in [0.25, 0.3) is 0 Å². The second kappa shape index (κ2) is 20.9. The summed E-state index contributed by atoms with van der Waals surface area (Å²) in [5.74, 6) is 0. The second-order valence-corrected chi connectivity index (χ2v) is 0.105. The number of carboxylic acid groups (broad SMARTS) is 1. The zero-order valence-electron chi connectivity index (χ0n) is 1.43. The van der Waals surface area contributed by atoms with Crippen molar-refractivity contribution in [2.24, 2.45) is 0 Å². The molecule has 0 aromatic heterocycles. The summed E-state index contributed by atoms with van der Waals surface area (Å²) in [6.45, 7) is -0.250. The van der Waals surface area contributed by atoms with Crippen molar-refractivity contribution in [1.82, 2.24) is 0 Å². The van der Waals surface area contributed by atoms with Gasteiger partial charge in [0, 0.05) is 0 Å². The van der Waals surface area contributed by atoms with Gasteiger partial charge in [0.1, 0.15) is 0 Å². The lowest BCUT2D eigenvalue weighted by Crippen LogP contribution is -1.49. The van der Waals surface area contributed by atoms with E-state index in [0.717, 1.165) is 0 Å². The van der Waals surface area contributed by atoms with Crippen molar-refractivity contribution in [1.29, 1.82) is 0 Å². The van der Waals surface area contributed by atoms with Gasteiger partial charge in [0.2, 0.25) is 0 Å². The topological polar surface area (TPSA) is 37.3 Å². The van der Waals surface area contributed by atoms with Crippen LogP contribution in [-0.4, -0.2) is 20.0 Å². The first-order chi connectivity index (χ1) is 1.41. The highest BCUT2D eigenvalue weighted by Crippen LogP contribution is 0.966. The maximum atomic E-state index is 8.36. The molecule has 0 heterocycles. The summed E-state index contributed by atoms with van der Waals surface area (Å²) in [6, 6.07) is 0. The van der Waals surface area contributed by atoms with Crippen LogP contribution in [0.5, 0.6) is 0 Å². The fourth-order valence-electron chi connectivity index (χ4n) is 0. The highest BCUT2D eigenvalue weighted by atomic mass is 16.3. The van der Waals surface area contributed by atoms with Crippen LogP contribution in [0.1, 0.15) is 0 Å². The molecule has 0 aromatic carbocycles. The molecule has 0 saturated carbocycles. The third kappa shape index (κ3) is 2.03. The van der Waals surface area contributed by atoms with Crippen molar-refractivity contribution in [3.8, 4) is 0 Å². The van der Waals surface area contributed by atoms with Gasteiger partial charge in [0.25, 0.3) is 6.47 Å². The SMILES string of the molecule is B.O=CO. The van der Waals surface area contributed by atoms with Gasteiger partial charge in [-0.05, 0) is 0 Å². The highest BCUT2D eigenvalue weighted by molar-refractivity contribution is 5.75. The summed E-state index contributed by atoms with van der Waals surface area (Å²) in [5.41, 5.74) is 0. The van der Waals surface area contributed by atoms with Crippen molar-refractivity contribution in [2.45, 2.75) is 0 Å². The van der Waals surface area contributed by atoms with Crippen LogP contribution in [0.15, 0.2) is 0 Å². The third-order valence-corrected chi connectivity index (χ3v) is 0. The van der Waals surface area contributed by atoms with Gasteiger partial charge in [-0.1, -0.05) is 0 Å². The molecule has 0 amide bonds. The Balaban J connectivity index is 0. The Morgan fingerprint density at radius 3 is 1.75 bits per heavy atom. The number of hydrogen-bond acceptors (Lipinski definition) is 1. The van der Waals surface area contributed by atoms with E-state index in [-0.39, 0.29) is 14.9 Å². The molecule has 1 N–H and O–H groups in total. The van der Waals surface area contributed by atoms with E-state index in [9.17, 15) is 0 Å². The quantitative estimate of drug-likeness (QED) is 0.273. The summed E-state index contributed by atoms with van der Waals surface area (Å²) in [6.07, 6.45) is 0. The van der Waals surface area contributed by atoms with E-state index >= 15 is 0 Å². The van der Waals surface area contributed by atoms with Gasteiger partial charge in [-0.2, -0.15) is 0 Å². The summed E-state index contributed by atoms with van der Waals surface area (Å²) in [5, 5.41) is 6.89. The first-order valence-electron chi connectivity index (χ1n) is 0.494. The summed E-state index contributed by atoms with van der Waals surface area (Å²) < 4.78 is 0. The minimum atomic E-state index is -0.250. The molecule has 0 rings (SSSR count). The predicted molar refractivity (Wildman–Crippen MR) is 18.6 cm³/mol. The van der Waals surface area contributed by atoms with Crippen molar-refractivity contribution < 1.29 is 9.90 Å². The zero-order chi connectivity index (χ0) is 2.71. The van der Waals surface area contributed by atoms with Gasteiger partial charge in [0.05, 0.1) is 8.41 Å². The molecule has 0 unspecified atom stereocenters. The predicted octanol–water partition coefficient (Wildman–Crippen LogP) is -1.48. The van der Waals surface area contributed by atoms with Gasteiger partial charge < -0.3 is 5.11 Å². The molecule has 3 heteroatoms. The van der Waals surface area contributed by atoms with Gasteiger partial charge >= 0.3 is 0 Å². The molecule has 0 aliphatic rings. The minimum Gasteiger partial charge on any atom is -0.483 e. The Bertz CT molecular complexity index is 13.5. The van der Waals surface area contributed by atoms with Crippen LogP contribution >= 0.6 is 0 Å². The fourth-order valence-corrected chi connectivity index (χ4v) is 0.